The molecule has 0 fully saturated rings. The molecule has 0 aliphatic carbocycles. The first-order valence-electron chi connectivity index (χ1n) is 2.37. The zero-order valence-corrected chi connectivity index (χ0v) is 9.02. The Hall–Kier alpha value is 0.400. The van der Waals surface area contributed by atoms with Gasteiger partial charge in [-0.3, -0.25) is 0 Å². The number of allylic oxidation sites excluding steroid dienone is 2. The molecule has 0 saturated carbocycles. The summed E-state index contributed by atoms with van der Waals surface area (Å²) in [7, 11) is 0. The summed E-state index contributed by atoms with van der Waals surface area (Å²) in [4.78, 5) is 10.2. The minimum absolute atomic E-state index is 0.299. The van der Waals surface area contributed by atoms with Crippen LogP contribution in [-0.4, -0.2) is 11.1 Å². The number of aliphatic carboxylic acids is 1. The first-order valence-corrected chi connectivity index (χ1v) is 4.26. The number of carboxylic acid groups (broad SMARTS) is 1. The zero-order valence-electron chi connectivity index (χ0n) is 5.25. The van der Waals surface area contributed by atoms with E-state index in [1.54, 1.807) is 0 Å². The fraction of sp³-hybridized carbons (Fsp3) is 0. The van der Waals surface area contributed by atoms with Crippen LogP contribution < -0.4 is 0 Å². The largest absolute Gasteiger partial charge is 0.477 e. The quantitative estimate of drug-likeness (QED) is 0.614. The lowest BCUT2D eigenvalue weighted by Gasteiger charge is -1.97. The van der Waals surface area contributed by atoms with E-state index in [0.717, 1.165) is 0 Å². The first-order chi connectivity index (χ1) is 5.37. The molecule has 0 radical (unpaired) electrons. The van der Waals surface area contributed by atoms with Gasteiger partial charge in [-0.25, -0.2) is 4.79 Å². The van der Waals surface area contributed by atoms with Crippen molar-refractivity contribution in [3.05, 3.63) is 19.6 Å². The van der Waals surface area contributed by atoms with E-state index in [0.29, 0.717) is 0 Å². The van der Waals surface area contributed by atoms with E-state index in [1.807, 2.05) is 0 Å². The Balaban J connectivity index is 5.06. The number of hydrogen-bond acceptors (Lipinski definition) is 1. The van der Waals surface area contributed by atoms with Crippen LogP contribution in [0.2, 0.25) is 0 Å². The molecule has 2 nitrogen and oxygen atoms in total. The van der Waals surface area contributed by atoms with Crippen molar-refractivity contribution >= 4 is 64.0 Å². The molecule has 12 heavy (non-hydrogen) atoms. The molecule has 0 spiro atoms. The van der Waals surface area contributed by atoms with Crippen molar-refractivity contribution < 1.29 is 9.90 Å². The average molecular weight is 270 g/mol. The Morgan fingerprint density at radius 1 is 0.833 bits per heavy atom. The van der Waals surface area contributed by atoms with E-state index in [9.17, 15) is 4.79 Å². The molecule has 0 rings (SSSR count). The third-order valence-corrected chi connectivity index (χ3v) is 2.61. The lowest BCUT2D eigenvalue weighted by Crippen LogP contribution is -1.96. The lowest BCUT2D eigenvalue weighted by molar-refractivity contribution is -0.131. The molecule has 0 saturated heterocycles. The van der Waals surface area contributed by atoms with Gasteiger partial charge in [-0.1, -0.05) is 58.0 Å². The predicted molar refractivity (Wildman–Crippen MR) is 51.0 cm³/mol. The van der Waals surface area contributed by atoms with E-state index in [-0.39, 0.29) is 9.52 Å². The number of carbonyl (C=O) groups is 1. The van der Waals surface area contributed by atoms with Crippen molar-refractivity contribution in [2.45, 2.75) is 0 Å². The van der Waals surface area contributed by atoms with Gasteiger partial charge in [0.2, 0.25) is 0 Å². The Morgan fingerprint density at radius 3 is 1.50 bits per heavy atom. The third-order valence-electron chi connectivity index (χ3n) is 0.739. The Bertz CT molecular complexity index is 263. The molecule has 0 atom stereocenters. The Morgan fingerprint density at radius 2 is 1.25 bits per heavy atom. The molecule has 1 N–H and O–H groups in total. The number of halogens is 5. The molecule has 0 aromatic rings. The van der Waals surface area contributed by atoms with Gasteiger partial charge in [0, 0.05) is 0 Å². The fourth-order valence-electron chi connectivity index (χ4n) is 0.273. The molecule has 0 bridgehead atoms. The highest BCUT2D eigenvalue weighted by atomic mass is 35.5. The van der Waals surface area contributed by atoms with Crippen molar-refractivity contribution in [1.82, 2.24) is 0 Å². The van der Waals surface area contributed by atoms with Crippen molar-refractivity contribution in [1.29, 1.82) is 0 Å². The minimum Gasteiger partial charge on any atom is -0.477 e. The van der Waals surface area contributed by atoms with E-state index in [1.165, 1.54) is 0 Å². The molecule has 0 heterocycles. The summed E-state index contributed by atoms with van der Waals surface area (Å²) in [6.45, 7) is 0. The van der Waals surface area contributed by atoms with Crippen molar-refractivity contribution in [2.75, 3.05) is 0 Å². The van der Waals surface area contributed by atoms with Crippen LogP contribution >= 0.6 is 58.0 Å². The van der Waals surface area contributed by atoms with Gasteiger partial charge in [0.05, 0.1) is 10.1 Å². The van der Waals surface area contributed by atoms with Crippen LogP contribution in [0, 0.1) is 0 Å². The summed E-state index contributed by atoms with van der Waals surface area (Å²) in [6.07, 6.45) is 0. The van der Waals surface area contributed by atoms with Gasteiger partial charge in [0.15, 0.2) is 0 Å². The monoisotopic (exact) mass is 268 g/mol. The van der Waals surface area contributed by atoms with Gasteiger partial charge >= 0.3 is 5.97 Å². The van der Waals surface area contributed by atoms with Crippen LogP contribution in [0.5, 0.6) is 0 Å². The van der Waals surface area contributed by atoms with Crippen LogP contribution in [0.1, 0.15) is 0 Å². The van der Waals surface area contributed by atoms with Gasteiger partial charge in [-0.2, -0.15) is 0 Å². The molecular weight excluding hydrogens is 269 g/mol. The molecular formula is C5HCl5O2. The second kappa shape index (κ2) is 5.20. The summed E-state index contributed by atoms with van der Waals surface area (Å²) in [5, 5.41) is 7.01. The highest BCUT2D eigenvalue weighted by molar-refractivity contribution is 6.62. The summed E-state index contributed by atoms with van der Waals surface area (Å²) in [5.41, 5.74) is 0. The SMILES string of the molecule is O=C(O)C(Cl)=C(Cl)C(Cl)=C(Cl)Cl. The molecule has 0 aliphatic rings. The van der Waals surface area contributed by atoms with Crippen LogP contribution in [0.25, 0.3) is 0 Å². The topological polar surface area (TPSA) is 37.3 Å². The number of carboxylic acids is 1. The smallest absolute Gasteiger partial charge is 0.348 e. The number of rotatable bonds is 2. The maximum absolute atomic E-state index is 10.2. The van der Waals surface area contributed by atoms with Crippen LogP contribution in [0.4, 0.5) is 0 Å². The first kappa shape index (κ1) is 12.4. The fourth-order valence-corrected chi connectivity index (χ4v) is 0.972. The normalized spacial score (nSPS) is 12.1. The standard InChI is InChI=1S/C5HCl5O2/c6-1(2(7)4(9)10)3(8)5(11)12/h(H,11,12). The minimum atomic E-state index is -1.41. The summed E-state index contributed by atoms with van der Waals surface area (Å²) < 4.78 is -0.346. The Labute approximate surface area is 93.3 Å². The number of hydrogen-bond donors (Lipinski definition) is 1. The maximum atomic E-state index is 10.2. The van der Waals surface area contributed by atoms with E-state index in [4.69, 9.17) is 63.1 Å². The lowest BCUT2D eigenvalue weighted by atomic mass is 10.5. The van der Waals surface area contributed by atoms with Gasteiger partial charge in [-0.05, 0) is 0 Å². The van der Waals surface area contributed by atoms with Crippen molar-refractivity contribution in [3.8, 4) is 0 Å². The summed E-state index contributed by atoms with van der Waals surface area (Å²) >= 11 is 26.4. The predicted octanol–water partition coefficient (Wildman–Crippen LogP) is 3.65. The third kappa shape index (κ3) is 3.42. The highest BCUT2D eigenvalue weighted by Gasteiger charge is 2.14. The van der Waals surface area contributed by atoms with Crippen LogP contribution in [-0.2, 0) is 4.79 Å². The van der Waals surface area contributed by atoms with Gasteiger partial charge in [-0.15, -0.1) is 0 Å². The summed E-state index contributed by atoms with van der Waals surface area (Å²) in [5.74, 6) is -1.41. The highest BCUT2D eigenvalue weighted by Crippen LogP contribution is 2.31. The van der Waals surface area contributed by atoms with E-state index >= 15 is 0 Å². The molecule has 0 amide bonds. The Kier molecular flexibility index (Phi) is 5.37. The molecule has 7 heteroatoms. The summed E-state index contributed by atoms with van der Waals surface area (Å²) in [6, 6.07) is 0. The van der Waals surface area contributed by atoms with Crippen LogP contribution in [0.15, 0.2) is 19.6 Å². The van der Waals surface area contributed by atoms with Crippen molar-refractivity contribution in [2.24, 2.45) is 0 Å². The van der Waals surface area contributed by atoms with Gasteiger partial charge in [0.25, 0.3) is 0 Å². The van der Waals surface area contributed by atoms with E-state index in [2.05, 4.69) is 0 Å². The van der Waals surface area contributed by atoms with Crippen molar-refractivity contribution in [3.63, 3.8) is 0 Å². The molecule has 0 unspecified atom stereocenters. The molecule has 0 aromatic carbocycles. The van der Waals surface area contributed by atoms with Crippen LogP contribution in [0.3, 0.4) is 0 Å². The molecule has 0 aromatic heterocycles. The second-order valence-corrected chi connectivity index (χ2v) is 3.59. The van der Waals surface area contributed by atoms with Gasteiger partial charge in [0.1, 0.15) is 9.52 Å². The maximum Gasteiger partial charge on any atom is 0.348 e. The molecule has 68 valence electrons. The molecule has 0 aliphatic heterocycles. The van der Waals surface area contributed by atoms with Gasteiger partial charge < -0.3 is 5.11 Å². The average Bonchev–Trinajstić information content (AvgIpc) is 2.00. The zero-order chi connectivity index (χ0) is 9.89. The second-order valence-electron chi connectivity index (χ2n) is 1.51. The van der Waals surface area contributed by atoms with E-state index < -0.39 is 16.0 Å².